The molecule has 19 N–H and O–H groups in total. The first kappa shape index (κ1) is 84.4. The number of rotatable bonds is 19. The number of ether oxygens (including phenoxy) is 1. The molecular weight excluding hydrogens is 1380 g/mol. The summed E-state index contributed by atoms with van der Waals surface area (Å²) in [5.41, 5.74) is 16.6. The molecule has 11 atom stereocenters. The minimum atomic E-state index is -1.89. The van der Waals surface area contributed by atoms with Gasteiger partial charge in [0.25, 0.3) is 0 Å². The van der Waals surface area contributed by atoms with Gasteiger partial charge in [-0.15, -0.1) is 0 Å². The Kier molecular flexibility index (Phi) is 35.5. The summed E-state index contributed by atoms with van der Waals surface area (Å²) in [6.07, 6.45) is 7.19. The van der Waals surface area contributed by atoms with Crippen LogP contribution in [0.15, 0.2) is 48.7 Å². The number of quaternary nitrogens is 2. The monoisotopic (exact) mass is 1490 g/mol. The van der Waals surface area contributed by atoms with E-state index in [2.05, 4.69) is 69.6 Å². The highest BCUT2D eigenvalue weighted by molar-refractivity contribution is 7.98. The number of nitrogens with one attached hydrogen (secondary N) is 11. The minimum absolute atomic E-state index is 0.000955. The zero-order valence-electron chi connectivity index (χ0n) is 60.7. The van der Waals surface area contributed by atoms with Gasteiger partial charge >= 0.3 is 0 Å². The SMILES string of the molecule is CCCC[C@@H]1NC(=O)[C@@H]2CCCN2C(=O)[C@@H]2CSCc3cc(cc(c3)OCCCCCCC(=O)NCC(=O)N[C@@H](CCCC[NH3+])C(=O)N2)CSC[C@@H](C(N)=O)NC(=O)[C@H](CCCC[NH3+])NC(=O)[C@H](C(C)C)NC(=O)[C@H](Cc2c[nH]c3ccccc23)NC(=O)[C@H]([C@@H](C)CC)NC(=O)[C@H](CC(=O)[O-])NC1=O. The quantitative estimate of drug-likeness (QED) is 0.0643. The Balaban J connectivity index is 1.43. The number of carbonyl (C=O) groups excluding carboxylic acids is 13. The van der Waals surface area contributed by atoms with Crippen LogP contribution in [0, 0.1) is 11.8 Å². The van der Waals surface area contributed by atoms with Crippen molar-refractivity contribution in [1.29, 1.82) is 0 Å². The Bertz CT molecular complexity index is 3430. The predicted molar refractivity (Wildman–Crippen MR) is 390 cm³/mol. The van der Waals surface area contributed by atoms with Crippen LogP contribution < -0.4 is 80.2 Å². The second-order valence-corrected chi connectivity index (χ2v) is 29.5. The smallest absolute Gasteiger partial charge is 0.246 e. The van der Waals surface area contributed by atoms with Crippen molar-refractivity contribution in [2.75, 3.05) is 44.3 Å². The normalized spacial score (nSPS) is 24.9. The number of nitrogens with two attached hydrogens (primary N) is 1. The number of benzene rings is 2. The highest BCUT2D eigenvalue weighted by Gasteiger charge is 2.41. The average Bonchev–Trinajstić information content (AvgIpc) is 1.65. The molecule has 32 heteroatoms. The first-order valence-corrected chi connectivity index (χ1v) is 39.0. The molecule has 3 aliphatic rings. The van der Waals surface area contributed by atoms with Gasteiger partial charge in [0.05, 0.1) is 26.2 Å². The molecule has 0 saturated carbocycles. The number of unbranched alkanes of at least 4 members (excludes halogenated alkanes) is 3. The molecule has 12 amide bonds. The molecule has 1 aromatic heterocycles. The number of H-pyrrole nitrogens is 1. The number of thioether (sulfide) groups is 2. The lowest BCUT2D eigenvalue weighted by atomic mass is 9.96. The number of fused-ring (bicyclic) bond motifs is 7. The van der Waals surface area contributed by atoms with Gasteiger partial charge in [0, 0.05) is 71.9 Å². The maximum Gasteiger partial charge on any atom is 0.246 e. The van der Waals surface area contributed by atoms with Crippen molar-refractivity contribution in [3.63, 3.8) is 0 Å². The lowest BCUT2D eigenvalue weighted by Crippen LogP contribution is -2.62. The van der Waals surface area contributed by atoms with E-state index in [1.54, 1.807) is 40.0 Å². The Hall–Kier alpha value is -8.49. The molecule has 6 rings (SSSR count). The van der Waals surface area contributed by atoms with Gasteiger partial charge in [0.1, 0.15) is 66.2 Å². The fourth-order valence-corrected chi connectivity index (χ4v) is 14.6. The highest BCUT2D eigenvalue weighted by Crippen LogP contribution is 2.28. The maximum atomic E-state index is 15.3. The fraction of sp³-hybridized carbons (Fsp3) is 0.625. The molecule has 3 aliphatic heterocycles. The summed E-state index contributed by atoms with van der Waals surface area (Å²) >= 11 is 2.58. The summed E-state index contributed by atoms with van der Waals surface area (Å²) in [4.78, 5) is 190. The second kappa shape index (κ2) is 43.7. The third-order valence-corrected chi connectivity index (χ3v) is 21.0. The van der Waals surface area contributed by atoms with Gasteiger partial charge in [-0.2, -0.15) is 23.5 Å². The molecule has 30 nitrogen and oxygen atoms in total. The number of hydrogen-bond donors (Lipinski definition) is 14. The van der Waals surface area contributed by atoms with E-state index in [0.717, 1.165) is 17.5 Å². The van der Waals surface area contributed by atoms with Gasteiger partial charge in [-0.05, 0) is 117 Å². The third kappa shape index (κ3) is 26.9. The van der Waals surface area contributed by atoms with E-state index in [1.807, 2.05) is 43.3 Å². The standard InChI is InChI=1S/C72H109N15O15S2/c1-6-8-21-51-65(94)81-54(35-60(90)91)68(97)86-62(43(5)7-2)71(100)82-53(34-46-36-76-49-22-13-12-20-48(46)49)67(96)85-61(42(3)4)70(99)80-52(24-15-17-28-74)66(95)83-55(63(75)92)40-103-38-44-31-45-33-47(32-44)102-30-18-10-9-11-26-58(88)77-37-59(89)78-50(23-14-16-27-73)64(93)84-56(41-104-39-45)72(101)87-29-19-25-57(87)69(98)79-51/h12-13,20,22,31-33,36,42-43,50-57,61-62,76H,6-11,14-19,21,23-30,34-35,37-41,73-74H2,1-5H3,(H2,75,92)(H,77,88)(H,78,89)(H,79,98)(H,80,99)(H,81,94)(H,82,100)(H,83,95)(H,84,93)(H,85,96)(H,86,97)(H,90,91)/p+1/t43-,50-,51-,52-,53-,54-,55-,56-,57-,61-,62-/m0/s1. The number of para-hydroxylation sites is 1. The zero-order chi connectivity index (χ0) is 75.8. The van der Waals surface area contributed by atoms with Gasteiger partial charge in [-0.3, -0.25) is 57.5 Å². The Morgan fingerprint density at radius 1 is 0.625 bits per heavy atom. The van der Waals surface area contributed by atoms with Crippen molar-refractivity contribution >= 4 is 111 Å². The van der Waals surface area contributed by atoms with E-state index in [0.29, 0.717) is 106 Å². The molecule has 1 saturated heterocycles. The molecule has 2 aromatic carbocycles. The molecule has 3 aromatic rings. The summed E-state index contributed by atoms with van der Waals surface area (Å²) in [7, 11) is 0. The van der Waals surface area contributed by atoms with E-state index in [1.165, 1.54) is 28.4 Å². The van der Waals surface area contributed by atoms with Crippen LogP contribution in [-0.2, 0) is 80.3 Å². The summed E-state index contributed by atoms with van der Waals surface area (Å²) in [6, 6.07) is -0.818. The zero-order valence-corrected chi connectivity index (χ0v) is 62.4. The van der Waals surface area contributed by atoms with Crippen LogP contribution in [0.2, 0.25) is 0 Å². The van der Waals surface area contributed by atoms with Crippen molar-refractivity contribution in [2.24, 2.45) is 17.6 Å². The fourth-order valence-electron chi connectivity index (χ4n) is 12.6. The summed E-state index contributed by atoms with van der Waals surface area (Å²) in [6.45, 7) is 9.61. The van der Waals surface area contributed by atoms with Crippen LogP contribution in [0.3, 0.4) is 0 Å². The molecule has 104 heavy (non-hydrogen) atoms. The molecule has 0 aliphatic carbocycles. The first-order chi connectivity index (χ1) is 49.8. The van der Waals surface area contributed by atoms with Crippen LogP contribution in [0.5, 0.6) is 5.75 Å². The van der Waals surface area contributed by atoms with Crippen molar-refractivity contribution in [1.82, 2.24) is 63.1 Å². The number of carboxylic acid groups (broad SMARTS) is 1. The van der Waals surface area contributed by atoms with Gasteiger partial charge < -0.3 is 94.9 Å². The van der Waals surface area contributed by atoms with Gasteiger partial charge in [-0.25, -0.2) is 0 Å². The predicted octanol–water partition coefficient (Wildman–Crippen LogP) is -0.954. The molecule has 4 heterocycles. The third-order valence-electron chi connectivity index (χ3n) is 18.8. The number of nitrogens with zero attached hydrogens (tertiary/aromatic N) is 1. The van der Waals surface area contributed by atoms with Crippen LogP contribution in [0.4, 0.5) is 0 Å². The number of amides is 12. The molecule has 4 bridgehead atoms. The molecule has 574 valence electrons. The Morgan fingerprint density at radius 3 is 1.86 bits per heavy atom. The lowest BCUT2D eigenvalue weighted by molar-refractivity contribution is -0.368. The Morgan fingerprint density at radius 2 is 1.20 bits per heavy atom. The van der Waals surface area contributed by atoms with E-state index in [9.17, 15) is 62.6 Å². The van der Waals surface area contributed by atoms with E-state index in [4.69, 9.17) is 10.5 Å². The summed E-state index contributed by atoms with van der Waals surface area (Å²) in [5.74, 6) is -11.3. The maximum absolute atomic E-state index is 15.3. The van der Waals surface area contributed by atoms with E-state index in [-0.39, 0.29) is 80.4 Å². The van der Waals surface area contributed by atoms with Gasteiger partial charge in [0.2, 0.25) is 70.9 Å². The number of primary amides is 1. The van der Waals surface area contributed by atoms with Gasteiger partial charge in [0.15, 0.2) is 0 Å². The average molecular weight is 1490 g/mol. The van der Waals surface area contributed by atoms with Crippen molar-refractivity contribution < 1.29 is 83.6 Å². The summed E-state index contributed by atoms with van der Waals surface area (Å²) in [5, 5.41) is 40.5. The second-order valence-electron chi connectivity index (χ2n) is 27.5. The molecule has 0 spiro atoms. The highest BCUT2D eigenvalue weighted by atomic mass is 32.2. The number of aromatic nitrogens is 1. The number of carbonyl (C=O) groups is 13. The minimum Gasteiger partial charge on any atom is -0.550 e. The van der Waals surface area contributed by atoms with Crippen LogP contribution >= 0.6 is 23.5 Å². The van der Waals surface area contributed by atoms with Crippen molar-refractivity contribution in [2.45, 2.75) is 229 Å². The number of hydrogen-bond acceptors (Lipinski definition) is 17. The van der Waals surface area contributed by atoms with E-state index < -0.39 is 156 Å². The number of aliphatic carboxylic acids is 1. The molecular formula is C72H110N15O15S2+. The van der Waals surface area contributed by atoms with Crippen LogP contribution in [0.1, 0.15) is 167 Å². The van der Waals surface area contributed by atoms with Crippen LogP contribution in [0.25, 0.3) is 10.9 Å². The van der Waals surface area contributed by atoms with Gasteiger partial charge in [-0.1, -0.05) is 91.0 Å². The number of carboxylic acids is 1. The molecule has 1 fully saturated rings. The lowest BCUT2D eigenvalue weighted by Gasteiger charge is -2.31. The molecule has 0 radical (unpaired) electrons. The summed E-state index contributed by atoms with van der Waals surface area (Å²) < 4.78 is 6.34. The van der Waals surface area contributed by atoms with E-state index >= 15 is 4.79 Å². The van der Waals surface area contributed by atoms with Crippen molar-refractivity contribution in [3.8, 4) is 5.75 Å². The van der Waals surface area contributed by atoms with Crippen LogP contribution in [-0.4, -0.2) is 191 Å². The Labute approximate surface area is 616 Å². The molecule has 0 unspecified atom stereocenters. The largest absolute Gasteiger partial charge is 0.550 e. The van der Waals surface area contributed by atoms with Crippen molar-refractivity contribution in [3.05, 3.63) is 65.4 Å². The first-order valence-electron chi connectivity index (χ1n) is 36.7. The number of aromatic amines is 1. The topological polar surface area (TPSA) is 475 Å².